The summed E-state index contributed by atoms with van der Waals surface area (Å²) in [4.78, 5) is 11.9. The Morgan fingerprint density at radius 2 is 0.949 bits per heavy atom. The minimum Gasteiger partial charge on any atom is -0.295 e. The van der Waals surface area contributed by atoms with Gasteiger partial charge in [0.2, 0.25) is 0 Å². The van der Waals surface area contributed by atoms with Gasteiger partial charge in [0.1, 0.15) is 11.6 Å². The Morgan fingerprint density at radius 1 is 0.538 bits per heavy atom. The van der Waals surface area contributed by atoms with Crippen LogP contribution >= 0.6 is 22.7 Å². The summed E-state index contributed by atoms with van der Waals surface area (Å²) in [7, 11) is 0. The number of aryl methyl sites for hydroxylation is 2. The van der Waals surface area contributed by atoms with Gasteiger partial charge in [-0.15, -0.1) is 22.7 Å². The molecule has 0 saturated heterocycles. The van der Waals surface area contributed by atoms with E-state index in [1.165, 1.54) is 19.3 Å². The number of unbranched alkanes of at least 4 members (excludes halogenated alkanes) is 6. The molecule has 0 aliphatic heterocycles. The molecule has 0 atom stereocenters. The fraction of sp³-hybridized carbons (Fsp3) is 0.333. The third-order valence-corrected chi connectivity index (χ3v) is 9.09. The first kappa shape index (κ1) is 29.0. The second-order valence-corrected chi connectivity index (χ2v) is 12.2. The molecule has 0 fully saturated rings. The molecule has 0 aliphatic rings. The van der Waals surface area contributed by atoms with Gasteiger partial charge in [-0.3, -0.25) is 9.98 Å². The van der Waals surface area contributed by atoms with Gasteiger partial charge in [-0.2, -0.15) is 0 Å². The Hall–Kier alpha value is -2.96. The third-order valence-electron chi connectivity index (χ3n) is 6.89. The zero-order valence-corrected chi connectivity index (χ0v) is 24.1. The third kappa shape index (κ3) is 8.51. The Labute approximate surface area is 239 Å². The van der Waals surface area contributed by atoms with Gasteiger partial charge < -0.3 is 0 Å². The Morgan fingerprint density at radius 3 is 1.33 bits per heavy atom. The smallest absolute Gasteiger partial charge is 0.132 e. The summed E-state index contributed by atoms with van der Waals surface area (Å²) < 4.78 is 29.4. The molecule has 2 heterocycles. The van der Waals surface area contributed by atoms with Crippen LogP contribution in [0.2, 0.25) is 0 Å². The van der Waals surface area contributed by atoms with E-state index in [9.17, 15) is 8.78 Å². The van der Waals surface area contributed by atoms with Gasteiger partial charge in [-0.25, -0.2) is 8.78 Å². The molecule has 0 unspecified atom stereocenters. The second kappa shape index (κ2) is 15.0. The summed E-state index contributed by atoms with van der Waals surface area (Å²) in [6, 6.07) is 19.2. The highest BCUT2D eigenvalue weighted by Gasteiger charge is 2.10. The predicted octanol–water partition coefficient (Wildman–Crippen LogP) is 10.3. The molecule has 6 heteroatoms. The van der Waals surface area contributed by atoms with Gasteiger partial charge >= 0.3 is 0 Å². The number of hydrogen-bond acceptors (Lipinski definition) is 4. The number of halogens is 2. The lowest BCUT2D eigenvalue weighted by atomic mass is 10.0. The lowest BCUT2D eigenvalue weighted by Crippen LogP contribution is -1.91. The molecule has 204 valence electrons. The van der Waals surface area contributed by atoms with Gasteiger partial charge in [0.25, 0.3) is 0 Å². The highest BCUT2D eigenvalue weighted by Crippen LogP contribution is 2.32. The lowest BCUT2D eigenvalue weighted by Gasteiger charge is -2.07. The summed E-state index contributed by atoms with van der Waals surface area (Å²) in [6.07, 6.45) is 9.90. The number of nitrogens with zero attached hydrogens (tertiary/aromatic N) is 2. The van der Waals surface area contributed by atoms with E-state index in [4.69, 9.17) is 0 Å². The van der Waals surface area contributed by atoms with E-state index in [0.717, 1.165) is 69.2 Å². The summed E-state index contributed by atoms with van der Waals surface area (Å²) in [6.45, 7) is 8.20. The summed E-state index contributed by atoms with van der Waals surface area (Å²) >= 11 is 3.14. The molecule has 39 heavy (non-hydrogen) atoms. The summed E-state index contributed by atoms with van der Waals surface area (Å²) in [5.74, 6) is -0.299. The average Bonchev–Trinajstić information content (AvgIpc) is 3.58. The maximum Gasteiger partial charge on any atom is 0.132 e. The van der Waals surface area contributed by atoms with Crippen LogP contribution in [0.3, 0.4) is 0 Å². The summed E-state index contributed by atoms with van der Waals surface area (Å²) in [5, 5.41) is 0. The van der Waals surface area contributed by atoms with Crippen LogP contribution in [0.4, 0.5) is 8.78 Å². The monoisotopic (exact) mass is 562 g/mol. The van der Waals surface area contributed by atoms with Crippen LogP contribution in [0.15, 0.2) is 70.6 Å². The van der Waals surface area contributed by atoms with Crippen molar-refractivity contribution in [1.29, 1.82) is 0 Å². The fourth-order valence-electron chi connectivity index (χ4n) is 4.81. The van der Waals surface area contributed by atoms with E-state index in [1.54, 1.807) is 34.8 Å². The van der Waals surface area contributed by atoms with Crippen LogP contribution in [0.25, 0.3) is 20.9 Å². The zero-order chi connectivity index (χ0) is 27.5. The molecular weight excluding hydrogens is 527 g/mol. The van der Waals surface area contributed by atoms with Crippen molar-refractivity contribution < 1.29 is 8.78 Å². The number of hydrogen-bond donors (Lipinski definition) is 0. The van der Waals surface area contributed by atoms with Crippen molar-refractivity contribution in [1.82, 2.24) is 0 Å². The number of benzene rings is 2. The molecule has 0 N–H and O–H groups in total. The van der Waals surface area contributed by atoms with Gasteiger partial charge in [0.15, 0.2) is 0 Å². The lowest BCUT2D eigenvalue weighted by molar-refractivity contribution is 0.576. The normalized spacial score (nSPS) is 11.1. The zero-order valence-electron chi connectivity index (χ0n) is 22.4. The van der Waals surface area contributed by atoms with Crippen LogP contribution in [-0.2, 0) is 25.9 Å². The van der Waals surface area contributed by atoms with Gasteiger partial charge in [-0.05, 0) is 86.6 Å². The first-order chi connectivity index (χ1) is 19.1. The molecule has 2 aromatic heterocycles. The minimum atomic E-state index is -0.149. The van der Waals surface area contributed by atoms with Crippen LogP contribution in [0, 0.1) is 11.6 Å². The molecule has 4 rings (SSSR count). The van der Waals surface area contributed by atoms with Crippen LogP contribution in [-0.4, -0.2) is 13.4 Å². The second-order valence-electron chi connectivity index (χ2n) is 9.90. The molecule has 0 saturated carbocycles. The van der Waals surface area contributed by atoms with E-state index in [2.05, 4.69) is 35.6 Å². The van der Waals surface area contributed by atoms with E-state index >= 15 is 0 Å². The minimum absolute atomic E-state index is 0.149. The van der Waals surface area contributed by atoms with E-state index < -0.39 is 0 Å². The standard InChI is InChI=1S/C33H36F2N2S2/c1-36-22-26-14-18-32(38-26)28-16-12-24(20-30(28)34)10-8-6-4-3-5-7-9-11-25-13-17-29(31(35)21-25)33-19-15-27(39-33)23-37-2/h12-21H,1-11,22-23H2. The molecular formula is C33H36F2N2S2. The SMILES string of the molecule is C=NCc1ccc(-c2ccc(CCCCCCCCCc3ccc(-c4ccc(CN=C)s4)c(F)c3)cc2F)s1. The quantitative estimate of drug-likeness (QED) is 0.0958. The first-order valence-electron chi connectivity index (χ1n) is 13.7. The van der Waals surface area contributed by atoms with E-state index in [-0.39, 0.29) is 11.6 Å². The Balaban J connectivity index is 1.10. The van der Waals surface area contributed by atoms with Crippen LogP contribution < -0.4 is 0 Å². The van der Waals surface area contributed by atoms with Crippen molar-refractivity contribution in [3.05, 3.63) is 93.2 Å². The van der Waals surface area contributed by atoms with Crippen molar-refractivity contribution in [3.63, 3.8) is 0 Å². The largest absolute Gasteiger partial charge is 0.295 e. The molecule has 0 aliphatic carbocycles. The molecule has 0 bridgehead atoms. The highest BCUT2D eigenvalue weighted by molar-refractivity contribution is 7.15. The van der Waals surface area contributed by atoms with Gasteiger partial charge in [0, 0.05) is 30.6 Å². The molecule has 0 spiro atoms. The van der Waals surface area contributed by atoms with Crippen LogP contribution in [0.5, 0.6) is 0 Å². The van der Waals surface area contributed by atoms with Crippen molar-refractivity contribution in [3.8, 4) is 20.9 Å². The molecule has 4 aromatic rings. The molecule has 2 aromatic carbocycles. The average molecular weight is 563 g/mol. The fourth-order valence-corrected chi connectivity index (χ4v) is 6.78. The molecule has 0 radical (unpaired) electrons. The van der Waals surface area contributed by atoms with Crippen LogP contribution in [0.1, 0.15) is 65.8 Å². The highest BCUT2D eigenvalue weighted by atomic mass is 32.1. The maximum absolute atomic E-state index is 14.7. The first-order valence-corrected chi connectivity index (χ1v) is 15.3. The number of aliphatic imine (C=N–C) groups is 2. The van der Waals surface area contributed by atoms with E-state index in [1.807, 2.05) is 36.4 Å². The maximum atomic E-state index is 14.7. The predicted molar refractivity (Wildman–Crippen MR) is 166 cm³/mol. The van der Waals surface area contributed by atoms with Crippen molar-refractivity contribution >= 4 is 36.1 Å². The van der Waals surface area contributed by atoms with Gasteiger partial charge in [0.05, 0.1) is 13.1 Å². The summed E-state index contributed by atoms with van der Waals surface area (Å²) in [5.41, 5.74) is 3.45. The van der Waals surface area contributed by atoms with Gasteiger partial charge in [-0.1, -0.05) is 56.4 Å². The Bertz CT molecular complexity index is 1270. The van der Waals surface area contributed by atoms with Crippen molar-refractivity contribution in [2.24, 2.45) is 9.98 Å². The molecule has 0 amide bonds. The van der Waals surface area contributed by atoms with E-state index in [0.29, 0.717) is 24.2 Å². The van der Waals surface area contributed by atoms with Crippen molar-refractivity contribution in [2.45, 2.75) is 70.9 Å². The van der Waals surface area contributed by atoms with Crippen molar-refractivity contribution in [2.75, 3.05) is 0 Å². The number of thiophene rings is 2. The number of rotatable bonds is 16. The Kier molecular flexibility index (Phi) is 11.2. The molecule has 2 nitrogen and oxygen atoms in total. The topological polar surface area (TPSA) is 24.7 Å².